The molecule has 64 heavy (non-hydrogen) atoms. The van der Waals surface area contributed by atoms with E-state index in [1.807, 2.05) is 12.1 Å². The lowest BCUT2D eigenvalue weighted by molar-refractivity contribution is 0.669. The predicted molar refractivity (Wildman–Crippen MR) is 268 cm³/mol. The third-order valence-corrected chi connectivity index (χ3v) is 12.3. The fourth-order valence-electron chi connectivity index (χ4n) is 9.47. The maximum atomic E-state index is 6.63. The number of para-hydroxylation sites is 5. The van der Waals surface area contributed by atoms with Crippen molar-refractivity contribution >= 4 is 77.9 Å². The first-order valence-corrected chi connectivity index (χ1v) is 21.8. The smallest absolute Gasteiger partial charge is 0.137 e. The molecule has 0 saturated carbocycles. The fourth-order valence-corrected chi connectivity index (χ4v) is 9.47. The summed E-state index contributed by atoms with van der Waals surface area (Å²) in [5.74, 6) is 0. The first-order valence-electron chi connectivity index (χ1n) is 21.8. The summed E-state index contributed by atoms with van der Waals surface area (Å²) in [5, 5.41) is 4.52. The van der Waals surface area contributed by atoms with E-state index in [-0.39, 0.29) is 0 Å². The molecular formula is C60H41N3O. The fraction of sp³-hybridized carbons (Fsp3) is 0. The maximum Gasteiger partial charge on any atom is 0.137 e. The van der Waals surface area contributed by atoms with Gasteiger partial charge < -0.3 is 18.8 Å². The zero-order valence-electron chi connectivity index (χ0n) is 34.9. The Morgan fingerprint density at radius 1 is 0.312 bits per heavy atom. The van der Waals surface area contributed by atoms with E-state index < -0.39 is 0 Å². The highest BCUT2D eigenvalue weighted by atomic mass is 16.3. The molecule has 0 aliphatic rings. The van der Waals surface area contributed by atoms with E-state index in [1.165, 1.54) is 10.9 Å². The highest BCUT2D eigenvalue weighted by Gasteiger charge is 2.26. The normalized spacial score (nSPS) is 11.4. The van der Waals surface area contributed by atoms with Crippen LogP contribution >= 0.6 is 0 Å². The lowest BCUT2D eigenvalue weighted by Crippen LogP contribution is -2.14. The number of aromatic nitrogens is 1. The summed E-state index contributed by atoms with van der Waals surface area (Å²) in [4.78, 5) is 4.83. The Bertz CT molecular complexity index is 3560. The molecule has 0 amide bonds. The third kappa shape index (κ3) is 6.40. The van der Waals surface area contributed by atoms with Crippen molar-refractivity contribution in [3.63, 3.8) is 0 Å². The third-order valence-electron chi connectivity index (χ3n) is 12.3. The van der Waals surface area contributed by atoms with E-state index in [0.717, 1.165) is 94.9 Å². The van der Waals surface area contributed by atoms with Crippen molar-refractivity contribution in [1.82, 2.24) is 4.57 Å². The molecule has 12 rings (SSSR count). The van der Waals surface area contributed by atoms with Crippen LogP contribution in [0.25, 0.3) is 71.7 Å². The molecular weight excluding hydrogens is 779 g/mol. The monoisotopic (exact) mass is 819 g/mol. The molecule has 302 valence electrons. The molecule has 4 heteroatoms. The topological polar surface area (TPSA) is 24.6 Å². The van der Waals surface area contributed by atoms with Gasteiger partial charge in [0, 0.05) is 55.9 Å². The van der Waals surface area contributed by atoms with E-state index in [4.69, 9.17) is 4.42 Å². The Labute approximate surface area is 371 Å². The predicted octanol–water partition coefficient (Wildman–Crippen LogP) is 17.0. The first kappa shape index (κ1) is 37.2. The quantitative estimate of drug-likeness (QED) is 0.145. The van der Waals surface area contributed by atoms with Crippen LogP contribution in [0.1, 0.15) is 0 Å². The van der Waals surface area contributed by atoms with Crippen LogP contribution in [-0.2, 0) is 0 Å². The molecule has 0 N–H and O–H groups in total. The lowest BCUT2D eigenvalue weighted by atomic mass is 9.96. The molecule has 0 atom stereocenters. The summed E-state index contributed by atoms with van der Waals surface area (Å²) in [6.45, 7) is 0. The molecule has 0 radical (unpaired) electrons. The van der Waals surface area contributed by atoms with Crippen LogP contribution in [0.2, 0.25) is 0 Å². The van der Waals surface area contributed by atoms with Gasteiger partial charge in [0.05, 0.1) is 28.1 Å². The van der Waals surface area contributed by atoms with Gasteiger partial charge in [0.25, 0.3) is 0 Å². The number of hydrogen-bond donors (Lipinski definition) is 0. The van der Waals surface area contributed by atoms with Crippen LogP contribution in [0, 0.1) is 0 Å². The van der Waals surface area contributed by atoms with Crippen molar-refractivity contribution in [2.45, 2.75) is 0 Å². The standard InChI is InChI=1S/C60H41N3O/c1-6-20-42(21-7-1)44-34-37-55(53(38-44)43-22-8-2-9-23-43)62(48-35-36-51-50-30-17-19-33-58(50)64-59(51)41-48)49-39-56(61(45-24-10-3-11-25-45)46-26-12-4-13-27-46)60-52-31-16-18-32-54(52)63(57(60)40-49)47-28-14-5-15-29-47/h1-41H. The second kappa shape index (κ2) is 15.7. The van der Waals surface area contributed by atoms with Gasteiger partial charge in [-0.25, -0.2) is 0 Å². The Hall–Kier alpha value is -8.60. The number of fused-ring (bicyclic) bond motifs is 6. The average molecular weight is 820 g/mol. The second-order valence-electron chi connectivity index (χ2n) is 16.1. The number of rotatable bonds is 9. The summed E-state index contributed by atoms with van der Waals surface area (Å²) in [6, 6.07) is 89.0. The molecule has 2 aromatic heterocycles. The number of anilines is 6. The van der Waals surface area contributed by atoms with Crippen molar-refractivity contribution in [1.29, 1.82) is 0 Å². The highest BCUT2D eigenvalue weighted by Crippen LogP contribution is 2.50. The molecule has 4 nitrogen and oxygen atoms in total. The van der Waals surface area contributed by atoms with Gasteiger partial charge in [0.15, 0.2) is 0 Å². The summed E-state index contributed by atoms with van der Waals surface area (Å²) in [5.41, 5.74) is 15.8. The average Bonchev–Trinajstić information content (AvgIpc) is 3.91. The van der Waals surface area contributed by atoms with Crippen LogP contribution < -0.4 is 9.80 Å². The van der Waals surface area contributed by atoms with Crippen LogP contribution in [0.5, 0.6) is 0 Å². The summed E-state index contributed by atoms with van der Waals surface area (Å²) in [7, 11) is 0. The molecule has 0 unspecified atom stereocenters. The van der Waals surface area contributed by atoms with E-state index in [2.05, 4.69) is 251 Å². The van der Waals surface area contributed by atoms with E-state index in [1.54, 1.807) is 0 Å². The second-order valence-corrected chi connectivity index (χ2v) is 16.1. The van der Waals surface area contributed by atoms with Crippen LogP contribution in [0.15, 0.2) is 253 Å². The first-order chi connectivity index (χ1) is 31.8. The van der Waals surface area contributed by atoms with Gasteiger partial charge in [0.2, 0.25) is 0 Å². The number of furan rings is 1. The number of hydrogen-bond acceptors (Lipinski definition) is 3. The Balaban J connectivity index is 1.22. The van der Waals surface area contributed by atoms with Gasteiger partial charge in [-0.05, 0) is 102 Å². The van der Waals surface area contributed by atoms with Crippen molar-refractivity contribution < 1.29 is 4.42 Å². The van der Waals surface area contributed by atoms with Gasteiger partial charge in [-0.2, -0.15) is 0 Å². The Kier molecular flexibility index (Phi) is 9.12. The summed E-state index contributed by atoms with van der Waals surface area (Å²) >= 11 is 0. The lowest BCUT2D eigenvalue weighted by Gasteiger charge is -2.31. The molecule has 0 aliphatic heterocycles. The van der Waals surface area contributed by atoms with E-state index >= 15 is 0 Å². The number of nitrogens with zero attached hydrogens (tertiary/aromatic N) is 3. The van der Waals surface area contributed by atoms with Crippen molar-refractivity contribution in [2.24, 2.45) is 0 Å². The van der Waals surface area contributed by atoms with Gasteiger partial charge >= 0.3 is 0 Å². The molecule has 10 aromatic carbocycles. The van der Waals surface area contributed by atoms with Crippen LogP contribution in [0.3, 0.4) is 0 Å². The van der Waals surface area contributed by atoms with Gasteiger partial charge in [0.1, 0.15) is 11.2 Å². The van der Waals surface area contributed by atoms with Gasteiger partial charge in [-0.3, -0.25) is 0 Å². The van der Waals surface area contributed by atoms with Crippen molar-refractivity contribution in [3.8, 4) is 27.9 Å². The zero-order chi connectivity index (χ0) is 42.4. The minimum Gasteiger partial charge on any atom is -0.456 e. The molecule has 0 aliphatic carbocycles. The largest absolute Gasteiger partial charge is 0.456 e. The Morgan fingerprint density at radius 2 is 0.875 bits per heavy atom. The maximum absolute atomic E-state index is 6.63. The molecule has 0 bridgehead atoms. The molecule has 0 fully saturated rings. The summed E-state index contributed by atoms with van der Waals surface area (Å²) < 4.78 is 9.05. The molecule has 12 aromatic rings. The summed E-state index contributed by atoms with van der Waals surface area (Å²) in [6.07, 6.45) is 0. The Morgan fingerprint density at radius 3 is 1.58 bits per heavy atom. The molecule has 2 heterocycles. The van der Waals surface area contributed by atoms with Crippen molar-refractivity contribution in [3.05, 3.63) is 249 Å². The van der Waals surface area contributed by atoms with Crippen LogP contribution in [-0.4, -0.2) is 4.57 Å². The minimum absolute atomic E-state index is 0.834. The van der Waals surface area contributed by atoms with Crippen molar-refractivity contribution in [2.75, 3.05) is 9.80 Å². The van der Waals surface area contributed by atoms with Gasteiger partial charge in [-0.15, -0.1) is 0 Å². The SMILES string of the molecule is c1ccc(-c2ccc(N(c3ccc4c(c3)oc3ccccc34)c3cc(N(c4ccccc4)c4ccccc4)c4c5ccccc5n(-c5ccccc5)c4c3)c(-c3ccccc3)c2)cc1. The van der Waals surface area contributed by atoms with Gasteiger partial charge in [-0.1, -0.05) is 158 Å². The zero-order valence-corrected chi connectivity index (χ0v) is 34.9. The van der Waals surface area contributed by atoms with Crippen LogP contribution in [0.4, 0.5) is 34.1 Å². The number of benzene rings is 10. The molecule has 0 spiro atoms. The van der Waals surface area contributed by atoms with E-state index in [0.29, 0.717) is 0 Å². The van der Waals surface area contributed by atoms with E-state index in [9.17, 15) is 0 Å². The highest BCUT2D eigenvalue weighted by molar-refractivity contribution is 6.18. The minimum atomic E-state index is 0.834. The molecule has 0 saturated heterocycles.